The van der Waals surface area contributed by atoms with Crippen molar-refractivity contribution in [1.82, 2.24) is 9.97 Å². The molecule has 0 spiro atoms. The monoisotopic (exact) mass is 265 g/mol. The maximum Gasteiger partial charge on any atom is 0.132 e. The van der Waals surface area contributed by atoms with Gasteiger partial charge in [-0.15, -0.1) is 0 Å². The number of rotatable bonds is 4. The molecular weight excluding hydrogens is 248 g/mol. The molecule has 5 heteroatoms. The average molecular weight is 265 g/mol. The van der Waals surface area contributed by atoms with Crippen LogP contribution < -0.4 is 5.73 Å². The molecule has 0 saturated heterocycles. The van der Waals surface area contributed by atoms with Gasteiger partial charge in [-0.05, 0) is 24.7 Å². The van der Waals surface area contributed by atoms with Crippen LogP contribution in [-0.4, -0.2) is 16.5 Å². The van der Waals surface area contributed by atoms with Gasteiger partial charge in [0.25, 0.3) is 0 Å². The Morgan fingerprint density at radius 2 is 2.05 bits per heavy atom. The summed E-state index contributed by atoms with van der Waals surface area (Å²) in [5, 5.41) is 0. The number of nitrogens with one attached hydrogen (secondary N) is 1. The average Bonchev–Trinajstić information content (AvgIpc) is 2.77. The first-order valence-electron chi connectivity index (χ1n) is 6.27. The van der Waals surface area contributed by atoms with E-state index < -0.39 is 11.6 Å². The third-order valence-electron chi connectivity index (χ3n) is 2.92. The largest absolute Gasteiger partial charge is 0.345 e. The lowest BCUT2D eigenvalue weighted by Gasteiger charge is -2.03. The van der Waals surface area contributed by atoms with Crippen LogP contribution in [0.5, 0.6) is 0 Å². The second-order valence-electron chi connectivity index (χ2n) is 4.77. The zero-order valence-corrected chi connectivity index (χ0v) is 11.0. The Bertz CT molecular complexity index is 576. The smallest absolute Gasteiger partial charge is 0.132 e. The Labute approximate surface area is 110 Å². The third kappa shape index (κ3) is 2.81. The van der Waals surface area contributed by atoms with Crippen molar-refractivity contribution in [2.24, 2.45) is 5.73 Å². The van der Waals surface area contributed by atoms with Crippen molar-refractivity contribution < 1.29 is 8.78 Å². The molecule has 0 unspecified atom stereocenters. The standard InChI is InChI=1S/C14H17F2N3/c1-8(2)14-18-12(5-6-17)13(19-14)10-7-9(15)3-4-11(10)16/h3-4,7-8H,5-6,17H2,1-2H3,(H,18,19). The molecule has 0 atom stereocenters. The van der Waals surface area contributed by atoms with Crippen molar-refractivity contribution in [3.8, 4) is 11.3 Å². The molecule has 0 fully saturated rings. The van der Waals surface area contributed by atoms with Gasteiger partial charge < -0.3 is 10.7 Å². The zero-order chi connectivity index (χ0) is 14.0. The Hall–Kier alpha value is -1.75. The van der Waals surface area contributed by atoms with E-state index in [-0.39, 0.29) is 11.5 Å². The summed E-state index contributed by atoms with van der Waals surface area (Å²) >= 11 is 0. The van der Waals surface area contributed by atoms with Crippen LogP contribution in [0.4, 0.5) is 8.78 Å². The van der Waals surface area contributed by atoms with E-state index in [9.17, 15) is 8.78 Å². The third-order valence-corrected chi connectivity index (χ3v) is 2.92. The van der Waals surface area contributed by atoms with Crippen LogP contribution in [0.25, 0.3) is 11.3 Å². The van der Waals surface area contributed by atoms with Gasteiger partial charge in [0, 0.05) is 23.6 Å². The van der Waals surface area contributed by atoms with Gasteiger partial charge in [0.1, 0.15) is 17.5 Å². The number of hydrogen-bond donors (Lipinski definition) is 2. The maximum atomic E-state index is 13.8. The predicted molar refractivity (Wildman–Crippen MR) is 70.8 cm³/mol. The van der Waals surface area contributed by atoms with Crippen molar-refractivity contribution in [3.05, 3.63) is 41.4 Å². The molecule has 1 heterocycles. The number of hydrogen-bond acceptors (Lipinski definition) is 2. The van der Waals surface area contributed by atoms with Crippen LogP contribution in [0.1, 0.15) is 31.3 Å². The van der Waals surface area contributed by atoms with Gasteiger partial charge in [-0.2, -0.15) is 0 Å². The van der Waals surface area contributed by atoms with Crippen LogP contribution in [-0.2, 0) is 6.42 Å². The molecule has 3 nitrogen and oxygen atoms in total. The maximum absolute atomic E-state index is 13.8. The van der Waals surface area contributed by atoms with Crippen LogP contribution in [0.3, 0.4) is 0 Å². The van der Waals surface area contributed by atoms with Crippen LogP contribution in [0.15, 0.2) is 18.2 Å². The fourth-order valence-corrected chi connectivity index (χ4v) is 1.93. The van der Waals surface area contributed by atoms with Gasteiger partial charge in [0.05, 0.1) is 5.69 Å². The van der Waals surface area contributed by atoms with Gasteiger partial charge in [-0.3, -0.25) is 0 Å². The first-order chi connectivity index (χ1) is 9.02. The first kappa shape index (κ1) is 13.7. The lowest BCUT2D eigenvalue weighted by molar-refractivity contribution is 0.602. The fraction of sp³-hybridized carbons (Fsp3) is 0.357. The summed E-state index contributed by atoms with van der Waals surface area (Å²) in [5.41, 5.74) is 6.91. The van der Waals surface area contributed by atoms with E-state index in [0.29, 0.717) is 18.7 Å². The number of nitrogens with two attached hydrogens (primary N) is 1. The van der Waals surface area contributed by atoms with Gasteiger partial charge in [0.2, 0.25) is 0 Å². The van der Waals surface area contributed by atoms with Crippen molar-refractivity contribution in [2.45, 2.75) is 26.2 Å². The first-order valence-corrected chi connectivity index (χ1v) is 6.27. The number of aromatic nitrogens is 2. The molecule has 19 heavy (non-hydrogen) atoms. The minimum absolute atomic E-state index is 0.173. The lowest BCUT2D eigenvalue weighted by Crippen LogP contribution is -2.04. The number of nitrogens with zero attached hydrogens (tertiary/aromatic N) is 1. The van der Waals surface area contributed by atoms with E-state index in [2.05, 4.69) is 9.97 Å². The minimum atomic E-state index is -0.485. The topological polar surface area (TPSA) is 54.7 Å². The van der Waals surface area contributed by atoms with E-state index in [1.807, 2.05) is 13.8 Å². The molecule has 0 bridgehead atoms. The molecule has 2 rings (SSSR count). The molecule has 2 aromatic rings. The van der Waals surface area contributed by atoms with Crippen molar-refractivity contribution in [1.29, 1.82) is 0 Å². The number of aromatic amines is 1. The number of H-pyrrole nitrogens is 1. The highest BCUT2D eigenvalue weighted by Gasteiger charge is 2.17. The highest BCUT2D eigenvalue weighted by molar-refractivity contribution is 5.63. The van der Waals surface area contributed by atoms with Gasteiger partial charge in [-0.25, -0.2) is 13.8 Å². The van der Waals surface area contributed by atoms with E-state index in [4.69, 9.17) is 5.73 Å². The van der Waals surface area contributed by atoms with Crippen LogP contribution in [0, 0.1) is 11.6 Å². The molecule has 0 aliphatic rings. The number of benzene rings is 1. The zero-order valence-electron chi connectivity index (χ0n) is 11.0. The summed E-state index contributed by atoms with van der Waals surface area (Å²) in [5.74, 6) is -0.0327. The molecule has 0 amide bonds. The molecule has 0 saturated carbocycles. The van der Waals surface area contributed by atoms with E-state index >= 15 is 0 Å². The molecule has 3 N–H and O–H groups in total. The molecule has 0 aliphatic carbocycles. The summed E-state index contributed by atoms with van der Waals surface area (Å²) in [6.45, 7) is 4.39. The SMILES string of the molecule is CC(C)c1nc(-c2cc(F)ccc2F)c(CCN)[nH]1. The van der Waals surface area contributed by atoms with E-state index in [1.165, 1.54) is 0 Å². The Kier molecular flexibility index (Phi) is 3.95. The molecule has 1 aromatic carbocycles. The fourth-order valence-electron chi connectivity index (χ4n) is 1.93. The number of halogens is 2. The second kappa shape index (κ2) is 5.48. The highest BCUT2D eigenvalue weighted by Crippen LogP contribution is 2.27. The van der Waals surface area contributed by atoms with E-state index in [1.54, 1.807) is 0 Å². The number of imidazole rings is 1. The normalized spacial score (nSPS) is 11.3. The van der Waals surface area contributed by atoms with Gasteiger partial charge in [0.15, 0.2) is 0 Å². The summed E-state index contributed by atoms with van der Waals surface area (Å²) in [4.78, 5) is 7.53. The Morgan fingerprint density at radius 1 is 1.32 bits per heavy atom. The summed E-state index contributed by atoms with van der Waals surface area (Å²) in [7, 11) is 0. The van der Waals surface area contributed by atoms with Crippen molar-refractivity contribution in [2.75, 3.05) is 6.54 Å². The van der Waals surface area contributed by atoms with Crippen LogP contribution in [0.2, 0.25) is 0 Å². The minimum Gasteiger partial charge on any atom is -0.345 e. The quantitative estimate of drug-likeness (QED) is 0.893. The molecular formula is C14H17F2N3. The van der Waals surface area contributed by atoms with Crippen molar-refractivity contribution in [3.63, 3.8) is 0 Å². The summed E-state index contributed by atoms with van der Waals surface area (Å²) < 4.78 is 27.1. The van der Waals surface area contributed by atoms with Crippen molar-refractivity contribution >= 4 is 0 Å². The van der Waals surface area contributed by atoms with E-state index in [0.717, 1.165) is 29.7 Å². The lowest BCUT2D eigenvalue weighted by atomic mass is 10.1. The van der Waals surface area contributed by atoms with Gasteiger partial charge >= 0.3 is 0 Å². The van der Waals surface area contributed by atoms with Gasteiger partial charge in [-0.1, -0.05) is 13.8 Å². The van der Waals surface area contributed by atoms with Crippen LogP contribution >= 0.6 is 0 Å². The Balaban J connectivity index is 2.56. The Morgan fingerprint density at radius 3 is 2.68 bits per heavy atom. The summed E-state index contributed by atoms with van der Waals surface area (Å²) in [6, 6.07) is 3.37. The second-order valence-corrected chi connectivity index (χ2v) is 4.77. The molecule has 102 valence electrons. The predicted octanol–water partition coefficient (Wildman–Crippen LogP) is 2.98. The highest BCUT2D eigenvalue weighted by atomic mass is 19.1. The molecule has 0 radical (unpaired) electrons. The molecule has 1 aromatic heterocycles. The summed E-state index contributed by atoms with van der Waals surface area (Å²) in [6.07, 6.45) is 0.547. The molecule has 0 aliphatic heterocycles.